The van der Waals surface area contributed by atoms with E-state index in [0.717, 1.165) is 25.1 Å². The first-order valence-corrected chi connectivity index (χ1v) is 9.70. The van der Waals surface area contributed by atoms with E-state index in [-0.39, 0.29) is 11.9 Å². The Morgan fingerprint density at radius 2 is 2.00 bits per heavy atom. The van der Waals surface area contributed by atoms with Crippen molar-refractivity contribution in [3.05, 3.63) is 64.4 Å². The van der Waals surface area contributed by atoms with E-state index in [4.69, 9.17) is 23.2 Å². The van der Waals surface area contributed by atoms with Crippen LogP contribution in [0.5, 0.6) is 0 Å². The minimum absolute atomic E-state index is 0.0968. The van der Waals surface area contributed by atoms with Crippen molar-refractivity contribution >= 4 is 34.8 Å². The number of likely N-dealkylation sites (tertiary alicyclic amines) is 1. The van der Waals surface area contributed by atoms with Crippen LogP contribution in [0.4, 0.5) is 5.69 Å². The fraction of sp³-hybridized carbons (Fsp3) is 0.263. The molecule has 2 heterocycles. The molecule has 0 saturated carbocycles. The monoisotopic (exact) mass is 416 g/mol. The molecule has 2 aromatic carbocycles. The molecule has 1 saturated heterocycles. The maximum absolute atomic E-state index is 12.8. The molecule has 9 heteroatoms. The zero-order valence-corrected chi connectivity index (χ0v) is 16.4. The number of anilines is 1. The Kier molecular flexibility index (Phi) is 5.57. The number of hydrogen-bond donors (Lipinski definition) is 1. The molecule has 1 amide bonds. The topological polar surface area (TPSA) is 75.9 Å². The molecule has 1 N–H and O–H groups in total. The second-order valence-corrected chi connectivity index (χ2v) is 7.43. The van der Waals surface area contributed by atoms with E-state index in [9.17, 15) is 4.79 Å². The number of carbonyl (C=O) groups is 1. The van der Waals surface area contributed by atoms with Crippen LogP contribution in [0.1, 0.15) is 18.7 Å². The van der Waals surface area contributed by atoms with Gasteiger partial charge in [0.25, 0.3) is 0 Å². The van der Waals surface area contributed by atoms with E-state index in [1.807, 2.05) is 30.3 Å². The van der Waals surface area contributed by atoms with Gasteiger partial charge in [0.2, 0.25) is 5.91 Å². The van der Waals surface area contributed by atoms with Crippen LogP contribution in [-0.2, 0) is 11.3 Å². The van der Waals surface area contributed by atoms with Crippen molar-refractivity contribution in [3.63, 3.8) is 0 Å². The minimum Gasteiger partial charge on any atom is -0.323 e. The molecule has 1 aliphatic heterocycles. The molecule has 0 bridgehead atoms. The number of tetrazole rings is 1. The third-order valence-electron chi connectivity index (χ3n) is 4.73. The van der Waals surface area contributed by atoms with Crippen molar-refractivity contribution in [2.75, 3.05) is 11.9 Å². The number of benzene rings is 2. The smallest absolute Gasteiger partial charge is 0.241 e. The quantitative estimate of drug-likeness (QED) is 0.687. The van der Waals surface area contributed by atoms with Gasteiger partial charge in [0.1, 0.15) is 0 Å². The summed E-state index contributed by atoms with van der Waals surface area (Å²) in [5, 5.41) is 15.9. The highest BCUT2D eigenvalue weighted by Crippen LogP contribution is 2.27. The Morgan fingerprint density at radius 3 is 2.79 bits per heavy atom. The van der Waals surface area contributed by atoms with Crippen LogP contribution < -0.4 is 5.32 Å². The molecule has 0 aliphatic carbocycles. The summed E-state index contributed by atoms with van der Waals surface area (Å²) in [6.07, 6.45) is 1.70. The summed E-state index contributed by atoms with van der Waals surface area (Å²) in [5.74, 6) is 0.593. The largest absolute Gasteiger partial charge is 0.323 e. The predicted octanol–water partition coefficient (Wildman–Crippen LogP) is 3.57. The normalized spacial score (nSPS) is 17.0. The molecule has 4 rings (SSSR count). The highest BCUT2D eigenvalue weighted by atomic mass is 35.5. The highest BCUT2D eigenvalue weighted by Gasteiger charge is 2.32. The Labute approximate surface area is 172 Å². The minimum atomic E-state index is -0.271. The molecule has 0 radical (unpaired) electrons. The second kappa shape index (κ2) is 8.26. The molecule has 0 spiro atoms. The lowest BCUT2D eigenvalue weighted by molar-refractivity contribution is -0.120. The molecule has 144 valence electrons. The third-order valence-corrected chi connectivity index (χ3v) is 5.28. The number of aromatic nitrogens is 4. The van der Waals surface area contributed by atoms with E-state index in [2.05, 4.69) is 25.7 Å². The summed E-state index contributed by atoms with van der Waals surface area (Å²) in [6, 6.07) is 14.4. The van der Waals surface area contributed by atoms with Crippen LogP contribution >= 0.6 is 23.2 Å². The lowest BCUT2D eigenvalue weighted by Crippen LogP contribution is -2.39. The van der Waals surface area contributed by atoms with E-state index in [1.54, 1.807) is 22.9 Å². The van der Waals surface area contributed by atoms with Crippen LogP contribution in [0.2, 0.25) is 10.0 Å². The SMILES string of the molecule is O=C(Nc1ccc(Cl)cc1Cl)[C@@H]1CCCN1Cc1nnnn1-c1ccccc1. The molecule has 7 nitrogen and oxygen atoms in total. The lowest BCUT2D eigenvalue weighted by Gasteiger charge is -2.23. The number of nitrogens with zero attached hydrogens (tertiary/aromatic N) is 5. The Morgan fingerprint density at radius 1 is 1.18 bits per heavy atom. The first-order valence-electron chi connectivity index (χ1n) is 8.94. The zero-order chi connectivity index (χ0) is 19.5. The van der Waals surface area contributed by atoms with E-state index >= 15 is 0 Å². The van der Waals surface area contributed by atoms with E-state index in [0.29, 0.717) is 28.1 Å². The van der Waals surface area contributed by atoms with Gasteiger partial charge in [-0.05, 0) is 60.1 Å². The maximum Gasteiger partial charge on any atom is 0.241 e. The number of nitrogens with one attached hydrogen (secondary N) is 1. The molecule has 3 aromatic rings. The van der Waals surface area contributed by atoms with Gasteiger partial charge in [0.15, 0.2) is 5.82 Å². The van der Waals surface area contributed by atoms with Gasteiger partial charge in [-0.3, -0.25) is 9.69 Å². The zero-order valence-electron chi connectivity index (χ0n) is 14.9. The molecular weight excluding hydrogens is 399 g/mol. The standard InChI is InChI=1S/C19H18Cl2N6O/c20-13-8-9-16(15(21)11-13)22-19(28)17-7-4-10-26(17)12-18-23-24-25-27(18)14-5-2-1-3-6-14/h1-3,5-6,8-9,11,17H,4,7,10,12H2,(H,22,28)/t17-/m0/s1. The molecule has 1 atom stereocenters. The Balaban J connectivity index is 1.49. The van der Waals surface area contributed by atoms with Crippen molar-refractivity contribution in [1.82, 2.24) is 25.1 Å². The van der Waals surface area contributed by atoms with Crippen LogP contribution in [0.15, 0.2) is 48.5 Å². The summed E-state index contributed by atoms with van der Waals surface area (Å²) in [5.41, 5.74) is 1.44. The van der Waals surface area contributed by atoms with Crippen molar-refractivity contribution in [1.29, 1.82) is 0 Å². The van der Waals surface area contributed by atoms with Crippen LogP contribution in [0.25, 0.3) is 5.69 Å². The first-order chi connectivity index (χ1) is 13.6. The summed E-state index contributed by atoms with van der Waals surface area (Å²) >= 11 is 12.1. The van der Waals surface area contributed by atoms with Crippen LogP contribution in [-0.4, -0.2) is 43.6 Å². The van der Waals surface area contributed by atoms with Crippen LogP contribution in [0, 0.1) is 0 Å². The second-order valence-electron chi connectivity index (χ2n) is 6.58. The number of para-hydroxylation sites is 1. The number of rotatable bonds is 5. The molecular formula is C19H18Cl2N6O. The maximum atomic E-state index is 12.8. The van der Waals surface area contributed by atoms with Crippen LogP contribution in [0.3, 0.4) is 0 Å². The molecule has 1 fully saturated rings. The molecule has 1 aliphatic rings. The van der Waals surface area contributed by atoms with Gasteiger partial charge in [0, 0.05) is 5.02 Å². The molecule has 1 aromatic heterocycles. The first kappa shape index (κ1) is 18.9. The number of carbonyl (C=O) groups excluding carboxylic acids is 1. The number of hydrogen-bond acceptors (Lipinski definition) is 5. The van der Waals surface area contributed by atoms with Gasteiger partial charge in [-0.1, -0.05) is 41.4 Å². The summed E-state index contributed by atoms with van der Waals surface area (Å²) in [6.45, 7) is 1.28. The van der Waals surface area contributed by atoms with Gasteiger partial charge in [-0.2, -0.15) is 4.68 Å². The number of amides is 1. The van der Waals surface area contributed by atoms with Gasteiger partial charge in [-0.15, -0.1) is 5.10 Å². The van der Waals surface area contributed by atoms with E-state index < -0.39 is 0 Å². The fourth-order valence-electron chi connectivity index (χ4n) is 3.37. The van der Waals surface area contributed by atoms with Crippen molar-refractivity contribution < 1.29 is 4.79 Å². The van der Waals surface area contributed by atoms with Crippen molar-refractivity contribution in [2.45, 2.75) is 25.4 Å². The summed E-state index contributed by atoms with van der Waals surface area (Å²) in [7, 11) is 0. The Hall–Kier alpha value is -2.48. The van der Waals surface area contributed by atoms with Gasteiger partial charge in [0.05, 0.1) is 29.0 Å². The fourth-order valence-corrected chi connectivity index (χ4v) is 3.83. The van der Waals surface area contributed by atoms with Gasteiger partial charge < -0.3 is 5.32 Å². The van der Waals surface area contributed by atoms with Crippen molar-refractivity contribution in [2.24, 2.45) is 0 Å². The molecule has 0 unspecified atom stereocenters. The average molecular weight is 417 g/mol. The summed E-state index contributed by atoms with van der Waals surface area (Å²) in [4.78, 5) is 14.9. The van der Waals surface area contributed by atoms with Gasteiger partial charge >= 0.3 is 0 Å². The lowest BCUT2D eigenvalue weighted by atomic mass is 10.2. The Bertz CT molecular complexity index is 978. The average Bonchev–Trinajstić information content (AvgIpc) is 3.34. The van der Waals surface area contributed by atoms with Crippen molar-refractivity contribution in [3.8, 4) is 5.69 Å². The highest BCUT2D eigenvalue weighted by molar-refractivity contribution is 6.36. The van der Waals surface area contributed by atoms with Gasteiger partial charge in [-0.25, -0.2) is 0 Å². The molecule has 28 heavy (non-hydrogen) atoms. The summed E-state index contributed by atoms with van der Waals surface area (Å²) < 4.78 is 1.70. The van der Waals surface area contributed by atoms with E-state index in [1.165, 1.54) is 0 Å². The number of halogens is 2. The predicted molar refractivity (Wildman–Crippen MR) is 108 cm³/mol. The third kappa shape index (κ3) is 4.01.